The van der Waals surface area contributed by atoms with Crippen LogP contribution in [0.4, 0.5) is 5.82 Å². The monoisotopic (exact) mass is 278 g/mol. The van der Waals surface area contributed by atoms with Crippen LogP contribution in [-0.4, -0.2) is 49.7 Å². The van der Waals surface area contributed by atoms with Crippen molar-refractivity contribution in [1.82, 2.24) is 9.88 Å². The molecule has 0 saturated heterocycles. The van der Waals surface area contributed by atoms with Gasteiger partial charge in [0.15, 0.2) is 0 Å². The number of hydrogen-bond acceptors (Lipinski definition) is 4. The number of aromatic nitrogens is 1. The summed E-state index contributed by atoms with van der Waals surface area (Å²) in [7, 11) is 4.22. The number of hydrogen-bond donors (Lipinski definition) is 1. The first-order chi connectivity index (χ1) is 9.58. The maximum absolute atomic E-state index is 6.12. The van der Waals surface area contributed by atoms with Gasteiger partial charge in [0.2, 0.25) is 0 Å². The molecule has 1 aromatic rings. The van der Waals surface area contributed by atoms with Crippen LogP contribution < -0.4 is 10.6 Å². The molecule has 1 heterocycles. The molecule has 0 aliphatic heterocycles. The minimum atomic E-state index is 0.218. The number of rotatable bonds is 9. The third-order valence-electron chi connectivity index (χ3n) is 3.48. The van der Waals surface area contributed by atoms with Crippen molar-refractivity contribution in [2.24, 2.45) is 5.73 Å². The van der Waals surface area contributed by atoms with Crippen LogP contribution in [-0.2, 0) is 6.42 Å². The van der Waals surface area contributed by atoms with E-state index < -0.39 is 0 Å². The van der Waals surface area contributed by atoms with Gasteiger partial charge in [0, 0.05) is 31.9 Å². The molecular formula is C16H30N4. The molecule has 114 valence electrons. The molecule has 2 N–H and O–H groups in total. The van der Waals surface area contributed by atoms with Crippen molar-refractivity contribution in [1.29, 1.82) is 0 Å². The maximum Gasteiger partial charge on any atom is 0.131 e. The summed E-state index contributed by atoms with van der Waals surface area (Å²) in [5, 5.41) is 0. The zero-order valence-corrected chi connectivity index (χ0v) is 13.5. The predicted molar refractivity (Wildman–Crippen MR) is 87.3 cm³/mol. The molecule has 4 heteroatoms. The highest BCUT2D eigenvalue weighted by molar-refractivity contribution is 5.47. The minimum absolute atomic E-state index is 0.218. The van der Waals surface area contributed by atoms with Gasteiger partial charge in [-0.2, -0.15) is 0 Å². The number of nitrogens with two attached hydrogens (primary N) is 1. The van der Waals surface area contributed by atoms with Crippen molar-refractivity contribution in [2.45, 2.75) is 39.2 Å². The van der Waals surface area contributed by atoms with Gasteiger partial charge < -0.3 is 15.5 Å². The molecule has 0 aromatic carbocycles. The molecule has 1 rings (SSSR count). The van der Waals surface area contributed by atoms with E-state index in [9.17, 15) is 0 Å². The lowest BCUT2D eigenvalue weighted by Crippen LogP contribution is -2.34. The Bertz CT molecular complexity index is 378. The van der Waals surface area contributed by atoms with Gasteiger partial charge in [-0.15, -0.1) is 0 Å². The van der Waals surface area contributed by atoms with E-state index in [0.717, 1.165) is 44.7 Å². The van der Waals surface area contributed by atoms with Crippen LogP contribution in [0.25, 0.3) is 0 Å². The van der Waals surface area contributed by atoms with Crippen LogP contribution in [0.5, 0.6) is 0 Å². The Labute approximate surface area is 124 Å². The number of pyridine rings is 1. The first-order valence-electron chi connectivity index (χ1n) is 7.67. The predicted octanol–water partition coefficient (Wildman–Crippen LogP) is 2.14. The summed E-state index contributed by atoms with van der Waals surface area (Å²) in [5.74, 6) is 1.11. The van der Waals surface area contributed by atoms with Crippen molar-refractivity contribution >= 4 is 5.82 Å². The highest BCUT2D eigenvalue weighted by atomic mass is 15.2. The molecule has 0 aliphatic carbocycles. The lowest BCUT2D eigenvalue weighted by Gasteiger charge is -2.27. The van der Waals surface area contributed by atoms with E-state index in [-0.39, 0.29) is 6.04 Å². The van der Waals surface area contributed by atoms with E-state index in [1.165, 1.54) is 5.56 Å². The van der Waals surface area contributed by atoms with Crippen molar-refractivity contribution in [3.05, 3.63) is 23.9 Å². The van der Waals surface area contributed by atoms with Crippen LogP contribution in [0.2, 0.25) is 0 Å². The first-order valence-corrected chi connectivity index (χ1v) is 7.67. The zero-order valence-electron chi connectivity index (χ0n) is 13.5. The molecule has 0 bridgehead atoms. The van der Waals surface area contributed by atoms with Crippen LogP contribution in [0.1, 0.15) is 32.3 Å². The zero-order chi connectivity index (χ0) is 15.0. The Morgan fingerprint density at radius 3 is 2.55 bits per heavy atom. The summed E-state index contributed by atoms with van der Waals surface area (Å²) < 4.78 is 0. The second-order valence-corrected chi connectivity index (χ2v) is 5.65. The largest absolute Gasteiger partial charge is 0.355 e. The van der Waals surface area contributed by atoms with Gasteiger partial charge in [-0.1, -0.05) is 19.9 Å². The Hall–Kier alpha value is -1.13. The standard InChI is InChI=1S/C16H30N4/c1-5-10-20(12-11-19(3)4)16-14(8-7-9-18-16)13-15(17)6-2/h7-9,15H,5-6,10-13,17H2,1-4H3. The Morgan fingerprint density at radius 2 is 1.95 bits per heavy atom. The SMILES string of the molecule is CCCN(CCN(C)C)c1ncccc1CC(N)CC. The quantitative estimate of drug-likeness (QED) is 0.752. The molecule has 20 heavy (non-hydrogen) atoms. The van der Waals surface area contributed by atoms with E-state index in [0.29, 0.717) is 0 Å². The van der Waals surface area contributed by atoms with E-state index >= 15 is 0 Å². The van der Waals surface area contributed by atoms with Gasteiger partial charge in [-0.3, -0.25) is 0 Å². The molecule has 0 amide bonds. The van der Waals surface area contributed by atoms with E-state index in [1.54, 1.807) is 0 Å². The fraction of sp³-hybridized carbons (Fsp3) is 0.688. The molecule has 4 nitrogen and oxygen atoms in total. The smallest absolute Gasteiger partial charge is 0.131 e. The molecule has 0 spiro atoms. The van der Waals surface area contributed by atoms with Gasteiger partial charge in [0.25, 0.3) is 0 Å². The van der Waals surface area contributed by atoms with Gasteiger partial charge in [0.05, 0.1) is 0 Å². The van der Waals surface area contributed by atoms with Crippen LogP contribution in [0.3, 0.4) is 0 Å². The Balaban J connectivity index is 2.88. The van der Waals surface area contributed by atoms with Gasteiger partial charge in [0.1, 0.15) is 5.82 Å². The van der Waals surface area contributed by atoms with Crippen molar-refractivity contribution in [3.63, 3.8) is 0 Å². The Morgan fingerprint density at radius 1 is 1.20 bits per heavy atom. The minimum Gasteiger partial charge on any atom is -0.355 e. The average Bonchev–Trinajstić information content (AvgIpc) is 2.44. The van der Waals surface area contributed by atoms with Gasteiger partial charge in [-0.05, 0) is 45.0 Å². The van der Waals surface area contributed by atoms with Crippen molar-refractivity contribution < 1.29 is 0 Å². The fourth-order valence-corrected chi connectivity index (χ4v) is 2.22. The van der Waals surface area contributed by atoms with Crippen molar-refractivity contribution in [3.8, 4) is 0 Å². The molecule has 0 fully saturated rings. The van der Waals surface area contributed by atoms with E-state index in [4.69, 9.17) is 5.73 Å². The summed E-state index contributed by atoms with van der Waals surface area (Å²) in [4.78, 5) is 9.21. The lowest BCUT2D eigenvalue weighted by molar-refractivity contribution is 0.412. The third kappa shape index (κ3) is 5.47. The van der Waals surface area contributed by atoms with Crippen LogP contribution >= 0.6 is 0 Å². The van der Waals surface area contributed by atoms with Gasteiger partial charge in [-0.25, -0.2) is 4.98 Å². The summed E-state index contributed by atoms with van der Waals surface area (Å²) >= 11 is 0. The maximum atomic E-state index is 6.12. The van der Waals surface area contributed by atoms with E-state index in [1.807, 2.05) is 12.3 Å². The molecule has 1 aromatic heterocycles. The number of anilines is 1. The second kappa shape index (κ2) is 8.93. The second-order valence-electron chi connectivity index (χ2n) is 5.65. The lowest BCUT2D eigenvalue weighted by atomic mass is 10.0. The first kappa shape index (κ1) is 16.9. The van der Waals surface area contributed by atoms with Crippen LogP contribution in [0.15, 0.2) is 18.3 Å². The highest BCUT2D eigenvalue weighted by Gasteiger charge is 2.13. The normalized spacial score (nSPS) is 12.7. The molecule has 0 aliphatic rings. The summed E-state index contributed by atoms with van der Waals surface area (Å²) in [6.07, 6.45) is 4.92. The van der Waals surface area contributed by atoms with Crippen LogP contribution in [0, 0.1) is 0 Å². The molecule has 1 atom stereocenters. The summed E-state index contributed by atoms with van der Waals surface area (Å²) in [6, 6.07) is 4.39. The molecule has 0 radical (unpaired) electrons. The fourth-order valence-electron chi connectivity index (χ4n) is 2.22. The van der Waals surface area contributed by atoms with E-state index in [2.05, 4.69) is 48.8 Å². The third-order valence-corrected chi connectivity index (χ3v) is 3.48. The molecule has 0 saturated carbocycles. The Kier molecular flexibility index (Phi) is 7.55. The average molecular weight is 278 g/mol. The van der Waals surface area contributed by atoms with Gasteiger partial charge >= 0.3 is 0 Å². The summed E-state index contributed by atoms with van der Waals surface area (Å²) in [6.45, 7) is 7.43. The molecule has 1 unspecified atom stereocenters. The van der Waals surface area contributed by atoms with Crippen molar-refractivity contribution in [2.75, 3.05) is 38.6 Å². The molecular weight excluding hydrogens is 248 g/mol. The highest BCUT2D eigenvalue weighted by Crippen LogP contribution is 2.19. The number of likely N-dealkylation sites (N-methyl/N-ethyl adjacent to an activating group) is 1. The number of nitrogens with zero attached hydrogens (tertiary/aromatic N) is 3. The summed E-state index contributed by atoms with van der Waals surface area (Å²) in [5.41, 5.74) is 7.39. The topological polar surface area (TPSA) is 45.4 Å².